The molecule has 128 valence electrons. The van der Waals surface area contributed by atoms with Crippen LogP contribution in [0.4, 0.5) is 0 Å². The van der Waals surface area contributed by atoms with Crippen LogP contribution in [0.5, 0.6) is 0 Å². The number of likely N-dealkylation sites (N-methyl/N-ethyl adjacent to an activating group) is 2. The number of nitrogens with zero attached hydrogens (tertiary/aromatic N) is 4. The van der Waals surface area contributed by atoms with Gasteiger partial charge in [0.25, 0.3) is 0 Å². The van der Waals surface area contributed by atoms with E-state index < -0.39 is 6.04 Å². The van der Waals surface area contributed by atoms with Gasteiger partial charge in [-0.05, 0) is 14.0 Å². The second kappa shape index (κ2) is 7.85. The molecule has 8 heteroatoms. The van der Waals surface area contributed by atoms with Gasteiger partial charge in [0, 0.05) is 39.2 Å². The number of hydrogen-bond acceptors (Lipinski definition) is 6. The molecule has 0 spiro atoms. The van der Waals surface area contributed by atoms with E-state index in [4.69, 9.17) is 4.74 Å². The first kappa shape index (κ1) is 17.8. The van der Waals surface area contributed by atoms with Gasteiger partial charge in [0.05, 0.1) is 17.2 Å². The SMILES string of the molecule is COCC(=O)N1CCN(C)C[C@@H]1C(=O)N(C)Cc1csc(C)n1. The summed E-state index contributed by atoms with van der Waals surface area (Å²) < 4.78 is 4.93. The minimum absolute atomic E-state index is 0.00247. The third kappa shape index (κ3) is 4.49. The Kier molecular flexibility index (Phi) is 6.09. The van der Waals surface area contributed by atoms with Gasteiger partial charge in [0.1, 0.15) is 12.6 Å². The molecule has 0 N–H and O–H groups in total. The first-order valence-electron chi connectivity index (χ1n) is 7.55. The minimum Gasteiger partial charge on any atom is -0.375 e. The highest BCUT2D eigenvalue weighted by molar-refractivity contribution is 7.09. The van der Waals surface area contributed by atoms with E-state index in [9.17, 15) is 9.59 Å². The topological polar surface area (TPSA) is 66.0 Å². The van der Waals surface area contributed by atoms with Crippen LogP contribution in [0.3, 0.4) is 0 Å². The van der Waals surface area contributed by atoms with Crippen LogP contribution in [0, 0.1) is 6.92 Å². The monoisotopic (exact) mass is 340 g/mol. The third-order valence-corrected chi connectivity index (χ3v) is 4.72. The van der Waals surface area contributed by atoms with E-state index in [0.29, 0.717) is 19.6 Å². The number of carbonyl (C=O) groups is 2. The van der Waals surface area contributed by atoms with Gasteiger partial charge < -0.3 is 19.4 Å². The lowest BCUT2D eigenvalue weighted by atomic mass is 10.1. The molecule has 1 atom stereocenters. The van der Waals surface area contributed by atoms with Crippen molar-refractivity contribution in [2.24, 2.45) is 0 Å². The molecule has 0 radical (unpaired) electrons. The highest BCUT2D eigenvalue weighted by Crippen LogP contribution is 2.15. The molecular weight excluding hydrogens is 316 g/mol. The van der Waals surface area contributed by atoms with Gasteiger partial charge in [0.2, 0.25) is 11.8 Å². The van der Waals surface area contributed by atoms with Crippen LogP contribution < -0.4 is 0 Å². The van der Waals surface area contributed by atoms with E-state index in [1.165, 1.54) is 7.11 Å². The molecule has 1 fully saturated rings. The van der Waals surface area contributed by atoms with E-state index in [1.54, 1.807) is 28.2 Å². The maximum atomic E-state index is 12.8. The largest absolute Gasteiger partial charge is 0.375 e. The molecular formula is C15H24N4O3S. The molecule has 1 aliphatic heterocycles. The summed E-state index contributed by atoms with van der Waals surface area (Å²) in [4.78, 5) is 34.8. The lowest BCUT2D eigenvalue weighted by Crippen LogP contribution is -2.60. The molecule has 2 amide bonds. The van der Waals surface area contributed by atoms with E-state index >= 15 is 0 Å². The van der Waals surface area contributed by atoms with Gasteiger partial charge in [-0.25, -0.2) is 4.98 Å². The van der Waals surface area contributed by atoms with Crippen LogP contribution in [0.15, 0.2) is 5.38 Å². The number of ether oxygens (including phenoxy) is 1. The molecule has 2 heterocycles. The van der Waals surface area contributed by atoms with E-state index in [2.05, 4.69) is 9.88 Å². The predicted molar refractivity (Wildman–Crippen MR) is 88.2 cm³/mol. The highest BCUT2D eigenvalue weighted by Gasteiger charge is 2.35. The van der Waals surface area contributed by atoms with Crippen LogP contribution >= 0.6 is 11.3 Å². The Labute approximate surface area is 140 Å². The number of piperazine rings is 1. The Bertz CT molecular complexity index is 563. The van der Waals surface area contributed by atoms with Crippen molar-refractivity contribution in [3.05, 3.63) is 16.1 Å². The van der Waals surface area contributed by atoms with Crippen molar-refractivity contribution in [3.63, 3.8) is 0 Å². The molecule has 0 saturated carbocycles. The number of amides is 2. The number of aryl methyl sites for hydroxylation is 1. The zero-order chi connectivity index (χ0) is 17.0. The zero-order valence-electron chi connectivity index (χ0n) is 14.1. The Morgan fingerprint density at radius 1 is 1.48 bits per heavy atom. The summed E-state index contributed by atoms with van der Waals surface area (Å²) in [6, 6.07) is -0.471. The number of hydrogen-bond donors (Lipinski definition) is 0. The van der Waals surface area contributed by atoms with Crippen molar-refractivity contribution in [2.45, 2.75) is 19.5 Å². The Balaban J connectivity index is 2.07. The molecule has 7 nitrogen and oxygen atoms in total. The first-order valence-corrected chi connectivity index (χ1v) is 8.43. The van der Waals surface area contributed by atoms with Crippen LogP contribution in [0.2, 0.25) is 0 Å². The molecule has 0 bridgehead atoms. The quantitative estimate of drug-likeness (QED) is 0.766. The predicted octanol–water partition coefficient (Wildman–Crippen LogP) is 0.199. The number of thiazole rings is 1. The van der Waals surface area contributed by atoms with E-state index in [1.807, 2.05) is 19.4 Å². The van der Waals surface area contributed by atoms with Crippen LogP contribution in [-0.2, 0) is 20.9 Å². The number of rotatable bonds is 5. The highest BCUT2D eigenvalue weighted by atomic mass is 32.1. The molecule has 0 aliphatic carbocycles. The summed E-state index contributed by atoms with van der Waals surface area (Å²) in [7, 11) is 5.20. The third-order valence-electron chi connectivity index (χ3n) is 3.90. The van der Waals surface area contributed by atoms with E-state index in [-0.39, 0.29) is 18.4 Å². The average Bonchev–Trinajstić information content (AvgIpc) is 2.91. The fourth-order valence-electron chi connectivity index (χ4n) is 2.69. The summed E-state index contributed by atoms with van der Waals surface area (Å²) in [6.07, 6.45) is 0. The molecule has 2 rings (SSSR count). The minimum atomic E-state index is -0.471. The summed E-state index contributed by atoms with van der Waals surface area (Å²) in [5.74, 6) is -0.205. The first-order chi connectivity index (χ1) is 10.9. The molecule has 23 heavy (non-hydrogen) atoms. The van der Waals surface area contributed by atoms with E-state index in [0.717, 1.165) is 17.2 Å². The van der Waals surface area contributed by atoms with Gasteiger partial charge >= 0.3 is 0 Å². The number of methoxy groups -OCH3 is 1. The lowest BCUT2D eigenvalue weighted by Gasteiger charge is -2.40. The summed E-state index contributed by atoms with van der Waals surface area (Å²) in [5, 5.41) is 2.94. The van der Waals surface area contributed by atoms with Crippen molar-refractivity contribution in [1.29, 1.82) is 0 Å². The van der Waals surface area contributed by atoms with Gasteiger partial charge in [0.15, 0.2) is 0 Å². The summed E-state index contributed by atoms with van der Waals surface area (Å²) in [6.45, 7) is 4.23. The van der Waals surface area contributed by atoms with Crippen molar-refractivity contribution in [1.82, 2.24) is 19.7 Å². The standard InChI is InChI=1S/C15H24N4O3S/c1-11-16-12(10-23-11)7-18(3)15(21)13-8-17(2)5-6-19(13)14(20)9-22-4/h10,13H,5-9H2,1-4H3/t13-/m1/s1. The average molecular weight is 340 g/mol. The van der Waals surface area contributed by atoms with Gasteiger partial charge in [-0.2, -0.15) is 0 Å². The fraction of sp³-hybridized carbons (Fsp3) is 0.667. The molecule has 0 unspecified atom stereocenters. The van der Waals surface area contributed by atoms with Crippen LogP contribution in [0.25, 0.3) is 0 Å². The zero-order valence-corrected chi connectivity index (χ0v) is 14.9. The lowest BCUT2D eigenvalue weighted by molar-refractivity contribution is -0.150. The number of aromatic nitrogens is 1. The Morgan fingerprint density at radius 2 is 2.22 bits per heavy atom. The number of carbonyl (C=O) groups excluding carboxylic acids is 2. The Morgan fingerprint density at radius 3 is 2.83 bits per heavy atom. The molecule has 1 saturated heterocycles. The smallest absolute Gasteiger partial charge is 0.249 e. The van der Waals surface area contributed by atoms with Crippen molar-refractivity contribution in [3.8, 4) is 0 Å². The molecule has 1 aromatic heterocycles. The Hall–Kier alpha value is -1.51. The molecule has 0 aromatic carbocycles. The van der Waals surface area contributed by atoms with Gasteiger partial charge in [-0.1, -0.05) is 0 Å². The van der Waals surface area contributed by atoms with Crippen molar-refractivity contribution in [2.75, 3.05) is 47.4 Å². The molecule has 1 aliphatic rings. The molecule has 1 aromatic rings. The van der Waals surface area contributed by atoms with Crippen molar-refractivity contribution >= 4 is 23.2 Å². The van der Waals surface area contributed by atoms with Gasteiger partial charge in [-0.3, -0.25) is 9.59 Å². The van der Waals surface area contributed by atoms with Crippen molar-refractivity contribution < 1.29 is 14.3 Å². The maximum Gasteiger partial charge on any atom is 0.249 e. The van der Waals surface area contributed by atoms with Crippen LogP contribution in [-0.4, -0.2) is 85.0 Å². The second-order valence-corrected chi connectivity index (χ2v) is 6.91. The summed E-state index contributed by atoms with van der Waals surface area (Å²) in [5.41, 5.74) is 0.877. The fourth-order valence-corrected chi connectivity index (χ4v) is 3.30. The van der Waals surface area contributed by atoms with Crippen LogP contribution in [0.1, 0.15) is 10.7 Å². The second-order valence-electron chi connectivity index (χ2n) is 5.85. The van der Waals surface area contributed by atoms with Gasteiger partial charge in [-0.15, -0.1) is 11.3 Å². The summed E-state index contributed by atoms with van der Waals surface area (Å²) >= 11 is 1.57. The normalized spacial score (nSPS) is 19.0. The maximum absolute atomic E-state index is 12.8.